The lowest BCUT2D eigenvalue weighted by Gasteiger charge is -2.45. The number of nitrogens with zero attached hydrogens (tertiary/aromatic N) is 1. The number of amides is 1. The number of carbonyl (C=O) groups is 1. The van der Waals surface area contributed by atoms with Gasteiger partial charge in [-0.15, -0.1) is 0 Å². The van der Waals surface area contributed by atoms with E-state index in [9.17, 15) is 9.18 Å². The van der Waals surface area contributed by atoms with Gasteiger partial charge in [-0.25, -0.2) is 4.39 Å². The predicted octanol–water partition coefficient (Wildman–Crippen LogP) is 3.79. The Labute approximate surface area is 174 Å². The first-order chi connectivity index (χ1) is 14.0. The number of pyridine rings is 1. The second kappa shape index (κ2) is 8.38. The Kier molecular flexibility index (Phi) is 5.86. The average Bonchev–Trinajstić information content (AvgIpc) is 3.15. The quantitative estimate of drug-likeness (QED) is 0.802. The van der Waals surface area contributed by atoms with Gasteiger partial charge in [0.1, 0.15) is 5.82 Å². The maximum Gasteiger partial charge on any atom is 0.221 e. The van der Waals surface area contributed by atoms with Gasteiger partial charge in [-0.2, -0.15) is 0 Å². The summed E-state index contributed by atoms with van der Waals surface area (Å²) in [5, 5.41) is 3.65. The van der Waals surface area contributed by atoms with Crippen LogP contribution in [0.1, 0.15) is 36.9 Å². The molecule has 0 saturated carbocycles. The van der Waals surface area contributed by atoms with Crippen LogP contribution in [0.5, 0.6) is 0 Å². The Bertz CT molecular complexity index is 853. The molecule has 2 aromatic rings. The van der Waals surface area contributed by atoms with Crippen LogP contribution in [0.15, 0.2) is 42.6 Å². The molecule has 2 aliphatic rings. The first-order valence-corrected chi connectivity index (χ1v) is 10.2. The molecule has 2 saturated heterocycles. The largest absolute Gasteiger partial charge is 0.378 e. The topological polar surface area (TPSA) is 60.5 Å². The van der Waals surface area contributed by atoms with E-state index in [0.717, 1.165) is 17.7 Å². The van der Waals surface area contributed by atoms with Crippen molar-refractivity contribution in [3.63, 3.8) is 0 Å². The van der Waals surface area contributed by atoms with Crippen molar-refractivity contribution in [1.82, 2.24) is 10.3 Å². The fraction of sp³-hybridized carbons (Fsp3) is 0.455. The van der Waals surface area contributed by atoms with Crippen LogP contribution in [0.25, 0.3) is 0 Å². The van der Waals surface area contributed by atoms with E-state index in [1.54, 1.807) is 18.2 Å². The molecule has 1 N–H and O–H groups in total. The maximum absolute atomic E-state index is 13.5. The van der Waals surface area contributed by atoms with Crippen molar-refractivity contribution in [1.29, 1.82) is 0 Å². The molecule has 1 spiro atoms. The van der Waals surface area contributed by atoms with E-state index in [0.29, 0.717) is 44.2 Å². The number of hydrogen-bond acceptors (Lipinski definition) is 4. The second-order valence-electron chi connectivity index (χ2n) is 7.98. The minimum absolute atomic E-state index is 0.0676. The molecule has 3 heterocycles. The summed E-state index contributed by atoms with van der Waals surface area (Å²) >= 11 is 5.92. The lowest BCUT2D eigenvalue weighted by atomic mass is 9.68. The number of ether oxygens (including phenoxy) is 2. The van der Waals surface area contributed by atoms with Crippen LogP contribution in [0.3, 0.4) is 0 Å². The summed E-state index contributed by atoms with van der Waals surface area (Å²) in [5.41, 5.74) is 0.800. The number of carbonyl (C=O) groups excluding carboxylic acids is 1. The van der Waals surface area contributed by atoms with Gasteiger partial charge in [0.2, 0.25) is 5.91 Å². The molecule has 1 aromatic heterocycles. The van der Waals surface area contributed by atoms with E-state index in [1.807, 2.05) is 12.1 Å². The zero-order valence-electron chi connectivity index (χ0n) is 16.1. The smallest absolute Gasteiger partial charge is 0.221 e. The molecule has 7 heteroatoms. The Morgan fingerprint density at radius 1 is 1.17 bits per heavy atom. The van der Waals surface area contributed by atoms with Crippen molar-refractivity contribution in [2.75, 3.05) is 19.8 Å². The highest BCUT2D eigenvalue weighted by molar-refractivity contribution is 6.30. The minimum Gasteiger partial charge on any atom is -0.378 e. The number of hydrogen-bond donors (Lipinski definition) is 1. The molecule has 0 unspecified atom stereocenters. The minimum atomic E-state index is -0.510. The first-order valence-electron chi connectivity index (χ1n) is 9.84. The van der Waals surface area contributed by atoms with Gasteiger partial charge in [0.05, 0.1) is 18.4 Å². The van der Waals surface area contributed by atoms with E-state index in [4.69, 9.17) is 21.1 Å². The van der Waals surface area contributed by atoms with Crippen molar-refractivity contribution in [2.45, 2.75) is 43.2 Å². The van der Waals surface area contributed by atoms with Gasteiger partial charge in [-0.05, 0) is 42.7 Å². The summed E-state index contributed by atoms with van der Waals surface area (Å²) in [6.07, 6.45) is 3.57. The lowest BCUT2D eigenvalue weighted by Crippen LogP contribution is -2.50. The third-order valence-corrected chi connectivity index (χ3v) is 6.14. The summed E-state index contributed by atoms with van der Waals surface area (Å²) in [5.74, 6) is -0.455. The Morgan fingerprint density at radius 3 is 2.69 bits per heavy atom. The summed E-state index contributed by atoms with van der Waals surface area (Å²) in [7, 11) is 0. The fourth-order valence-electron chi connectivity index (χ4n) is 4.38. The second-order valence-corrected chi connectivity index (χ2v) is 8.42. The monoisotopic (exact) mass is 418 g/mol. The average molecular weight is 419 g/mol. The maximum atomic E-state index is 13.5. The fourth-order valence-corrected chi connectivity index (χ4v) is 4.51. The highest BCUT2D eigenvalue weighted by Gasteiger charge is 2.50. The van der Waals surface area contributed by atoms with Gasteiger partial charge < -0.3 is 14.8 Å². The van der Waals surface area contributed by atoms with Crippen molar-refractivity contribution >= 4 is 17.5 Å². The van der Waals surface area contributed by atoms with E-state index in [2.05, 4.69) is 10.3 Å². The number of rotatable bonds is 5. The van der Waals surface area contributed by atoms with Gasteiger partial charge in [0.25, 0.3) is 0 Å². The molecule has 2 atom stereocenters. The summed E-state index contributed by atoms with van der Waals surface area (Å²) in [4.78, 5) is 17.2. The summed E-state index contributed by atoms with van der Waals surface area (Å²) in [6, 6.07) is 10.5. The molecule has 2 fully saturated rings. The Balaban J connectivity index is 1.52. The van der Waals surface area contributed by atoms with Crippen LogP contribution < -0.4 is 5.32 Å². The third-order valence-electron chi connectivity index (χ3n) is 5.89. The van der Waals surface area contributed by atoms with Crippen LogP contribution in [-0.4, -0.2) is 36.3 Å². The van der Waals surface area contributed by atoms with Gasteiger partial charge >= 0.3 is 0 Å². The molecule has 0 bridgehead atoms. The first kappa shape index (κ1) is 20.3. The zero-order chi connectivity index (χ0) is 20.3. The molecule has 0 radical (unpaired) electrons. The molecular weight excluding hydrogens is 395 g/mol. The van der Waals surface area contributed by atoms with Gasteiger partial charge in [0, 0.05) is 48.7 Å². The van der Waals surface area contributed by atoms with Gasteiger partial charge in [0.15, 0.2) is 0 Å². The highest BCUT2D eigenvalue weighted by atomic mass is 35.5. The van der Waals surface area contributed by atoms with Gasteiger partial charge in [-0.1, -0.05) is 23.7 Å². The normalized spacial score (nSPS) is 26.6. The third kappa shape index (κ3) is 4.60. The standard InChI is InChI=1S/C22H24ClFN2O3/c23-17-3-1-16(2-4-17)12-26-20(27)11-21(19-6-5-18(24)13-25-19)7-10-29-22(14-21)8-9-28-15-22/h1-6,13H,7-12,14-15H2,(H,26,27)/t21-,22+/m0/s1. The lowest BCUT2D eigenvalue weighted by molar-refractivity contribution is -0.130. The number of benzene rings is 1. The molecule has 2 aliphatic heterocycles. The van der Waals surface area contributed by atoms with Crippen LogP contribution >= 0.6 is 11.6 Å². The molecule has 5 nitrogen and oxygen atoms in total. The molecule has 1 aromatic carbocycles. The van der Waals surface area contributed by atoms with Gasteiger partial charge in [-0.3, -0.25) is 9.78 Å². The van der Waals surface area contributed by atoms with Crippen molar-refractivity contribution in [3.8, 4) is 0 Å². The van der Waals surface area contributed by atoms with E-state index >= 15 is 0 Å². The molecule has 0 aliphatic carbocycles. The van der Waals surface area contributed by atoms with Crippen LogP contribution in [0.2, 0.25) is 5.02 Å². The number of halogens is 2. The van der Waals surface area contributed by atoms with Crippen LogP contribution in [0.4, 0.5) is 4.39 Å². The SMILES string of the molecule is O=C(C[C@@]1(c2ccc(F)cn2)CCO[C@]2(CCOC2)C1)NCc1ccc(Cl)cc1. The van der Waals surface area contributed by atoms with Crippen molar-refractivity contribution < 1.29 is 18.7 Å². The molecular formula is C22H24ClFN2O3. The molecule has 4 rings (SSSR count). The van der Waals surface area contributed by atoms with E-state index < -0.39 is 11.0 Å². The van der Waals surface area contributed by atoms with Crippen LogP contribution in [-0.2, 0) is 26.2 Å². The number of aromatic nitrogens is 1. The highest BCUT2D eigenvalue weighted by Crippen LogP contribution is 2.46. The Morgan fingerprint density at radius 2 is 2.00 bits per heavy atom. The van der Waals surface area contributed by atoms with Crippen molar-refractivity contribution in [3.05, 3.63) is 64.7 Å². The molecule has 1 amide bonds. The van der Waals surface area contributed by atoms with E-state index in [1.165, 1.54) is 12.3 Å². The molecule has 154 valence electrons. The number of nitrogens with one attached hydrogen (secondary N) is 1. The summed E-state index contributed by atoms with van der Waals surface area (Å²) in [6.45, 7) is 2.11. The van der Waals surface area contributed by atoms with Crippen LogP contribution in [0, 0.1) is 5.82 Å². The Hall–Kier alpha value is -2.02. The molecule has 29 heavy (non-hydrogen) atoms. The predicted molar refractivity (Wildman–Crippen MR) is 107 cm³/mol. The summed E-state index contributed by atoms with van der Waals surface area (Å²) < 4.78 is 25.1. The van der Waals surface area contributed by atoms with Crippen molar-refractivity contribution in [2.24, 2.45) is 0 Å². The van der Waals surface area contributed by atoms with E-state index in [-0.39, 0.29) is 18.1 Å². The zero-order valence-corrected chi connectivity index (χ0v) is 16.9.